The molecule has 1 fully saturated rings. The molecule has 110 valence electrons. The SMILES string of the molecule is O=C(c1ccccc1OC(F)(F)C(F)F)C1CCCC1. The molecule has 1 aromatic rings. The fourth-order valence-electron chi connectivity index (χ4n) is 2.36. The summed E-state index contributed by atoms with van der Waals surface area (Å²) in [5.74, 6) is -1.04. The van der Waals surface area contributed by atoms with Crippen LogP contribution in [0.15, 0.2) is 24.3 Å². The molecule has 0 aromatic heterocycles. The van der Waals surface area contributed by atoms with Gasteiger partial charge in [0.15, 0.2) is 5.78 Å². The largest absolute Gasteiger partial charge is 0.461 e. The molecule has 0 unspecified atom stereocenters. The van der Waals surface area contributed by atoms with Gasteiger partial charge in [-0.05, 0) is 25.0 Å². The van der Waals surface area contributed by atoms with Crippen molar-refractivity contribution in [2.75, 3.05) is 0 Å². The van der Waals surface area contributed by atoms with Gasteiger partial charge in [-0.1, -0.05) is 25.0 Å². The molecule has 0 radical (unpaired) electrons. The zero-order valence-electron chi connectivity index (χ0n) is 10.6. The van der Waals surface area contributed by atoms with Gasteiger partial charge in [0.25, 0.3) is 0 Å². The maximum absolute atomic E-state index is 13.0. The number of carbonyl (C=O) groups is 1. The number of alkyl halides is 4. The monoisotopic (exact) mass is 290 g/mol. The Hall–Kier alpha value is -1.59. The molecule has 0 spiro atoms. The first-order chi connectivity index (χ1) is 9.42. The van der Waals surface area contributed by atoms with Gasteiger partial charge in [0.2, 0.25) is 0 Å². The van der Waals surface area contributed by atoms with Gasteiger partial charge in [0, 0.05) is 5.92 Å². The van der Waals surface area contributed by atoms with Gasteiger partial charge in [0.1, 0.15) is 5.75 Å². The molecule has 0 aliphatic heterocycles. The van der Waals surface area contributed by atoms with Gasteiger partial charge in [-0.2, -0.15) is 17.6 Å². The lowest BCUT2D eigenvalue weighted by molar-refractivity contribution is -0.253. The highest BCUT2D eigenvalue weighted by molar-refractivity contribution is 6.00. The van der Waals surface area contributed by atoms with Gasteiger partial charge < -0.3 is 4.74 Å². The van der Waals surface area contributed by atoms with E-state index in [1.165, 1.54) is 18.2 Å². The van der Waals surface area contributed by atoms with Crippen LogP contribution in [0.2, 0.25) is 0 Å². The zero-order valence-corrected chi connectivity index (χ0v) is 10.6. The van der Waals surface area contributed by atoms with E-state index < -0.39 is 18.3 Å². The Morgan fingerprint density at radius 1 is 1.20 bits per heavy atom. The summed E-state index contributed by atoms with van der Waals surface area (Å²) in [5, 5.41) is 0. The van der Waals surface area contributed by atoms with E-state index in [0.29, 0.717) is 12.8 Å². The third-order valence-corrected chi connectivity index (χ3v) is 3.38. The molecule has 0 amide bonds. The van der Waals surface area contributed by atoms with E-state index in [1.807, 2.05) is 0 Å². The number of ketones is 1. The number of carbonyl (C=O) groups excluding carboxylic acids is 1. The molecular weight excluding hydrogens is 276 g/mol. The number of halogens is 4. The summed E-state index contributed by atoms with van der Waals surface area (Å²) in [4.78, 5) is 12.2. The first kappa shape index (κ1) is 14.8. The molecule has 20 heavy (non-hydrogen) atoms. The molecule has 1 aliphatic rings. The Balaban J connectivity index is 2.24. The molecule has 1 saturated carbocycles. The molecular formula is C14H14F4O2. The second-order valence-corrected chi connectivity index (χ2v) is 4.81. The summed E-state index contributed by atoms with van der Waals surface area (Å²) in [5.41, 5.74) is -0.0558. The predicted octanol–water partition coefficient (Wildman–Crippen LogP) is 4.30. The number of ether oxygens (including phenoxy) is 1. The van der Waals surface area contributed by atoms with E-state index in [2.05, 4.69) is 4.74 Å². The highest BCUT2D eigenvalue weighted by Crippen LogP contribution is 2.34. The van der Waals surface area contributed by atoms with Gasteiger partial charge >= 0.3 is 12.5 Å². The lowest BCUT2D eigenvalue weighted by Crippen LogP contribution is -2.34. The second kappa shape index (κ2) is 5.81. The molecule has 0 saturated heterocycles. The van der Waals surface area contributed by atoms with Gasteiger partial charge in [0.05, 0.1) is 5.56 Å². The summed E-state index contributed by atoms with van der Waals surface area (Å²) in [7, 11) is 0. The Labute approximate surface area is 113 Å². The van der Waals surface area contributed by atoms with Crippen LogP contribution in [0.4, 0.5) is 17.6 Å². The summed E-state index contributed by atoms with van der Waals surface area (Å²) < 4.78 is 54.4. The van der Waals surface area contributed by atoms with Crippen LogP contribution >= 0.6 is 0 Å². The molecule has 2 nitrogen and oxygen atoms in total. The summed E-state index contributed by atoms with van der Waals surface area (Å²) in [6.07, 6.45) is -5.35. The van der Waals surface area contributed by atoms with Crippen molar-refractivity contribution in [3.63, 3.8) is 0 Å². The molecule has 0 heterocycles. The Morgan fingerprint density at radius 2 is 1.80 bits per heavy atom. The standard InChI is InChI=1S/C14H14F4O2/c15-13(16)14(17,18)20-11-8-4-3-7-10(11)12(19)9-5-1-2-6-9/h3-4,7-9,13H,1-2,5-6H2. The van der Waals surface area contributed by atoms with Crippen LogP contribution in [0, 0.1) is 5.92 Å². The minimum Gasteiger partial charge on any atom is -0.428 e. The third kappa shape index (κ3) is 3.11. The van der Waals surface area contributed by atoms with Crippen molar-refractivity contribution in [1.29, 1.82) is 0 Å². The number of Topliss-reactive ketones (excluding diaryl/α,β-unsaturated/α-hetero) is 1. The van der Waals surface area contributed by atoms with Crippen LogP contribution in [-0.4, -0.2) is 18.3 Å². The summed E-state index contributed by atoms with van der Waals surface area (Å²) in [6, 6.07) is 5.30. The number of rotatable bonds is 5. The van der Waals surface area contributed by atoms with Crippen molar-refractivity contribution in [1.82, 2.24) is 0 Å². The van der Waals surface area contributed by atoms with Crippen molar-refractivity contribution < 1.29 is 27.1 Å². The number of hydrogen-bond acceptors (Lipinski definition) is 2. The van der Waals surface area contributed by atoms with Crippen molar-refractivity contribution in [3.05, 3.63) is 29.8 Å². The fraction of sp³-hybridized carbons (Fsp3) is 0.500. The third-order valence-electron chi connectivity index (χ3n) is 3.38. The Bertz CT molecular complexity index is 482. The first-order valence-electron chi connectivity index (χ1n) is 6.40. The average molecular weight is 290 g/mol. The zero-order chi connectivity index (χ0) is 14.8. The van der Waals surface area contributed by atoms with E-state index in [4.69, 9.17) is 0 Å². The Kier molecular flexibility index (Phi) is 4.30. The van der Waals surface area contributed by atoms with E-state index in [-0.39, 0.29) is 17.3 Å². The van der Waals surface area contributed by atoms with Gasteiger partial charge in [-0.25, -0.2) is 0 Å². The van der Waals surface area contributed by atoms with Gasteiger partial charge in [-0.3, -0.25) is 4.79 Å². The van der Waals surface area contributed by atoms with Crippen LogP contribution < -0.4 is 4.74 Å². The fourth-order valence-corrected chi connectivity index (χ4v) is 2.36. The highest BCUT2D eigenvalue weighted by atomic mass is 19.3. The highest BCUT2D eigenvalue weighted by Gasteiger charge is 2.44. The smallest absolute Gasteiger partial charge is 0.428 e. The number of hydrogen-bond donors (Lipinski definition) is 0. The van der Waals surface area contributed by atoms with Crippen LogP contribution in [0.1, 0.15) is 36.0 Å². The van der Waals surface area contributed by atoms with Crippen molar-refractivity contribution in [2.45, 2.75) is 38.2 Å². The molecule has 1 aliphatic carbocycles. The average Bonchev–Trinajstić information content (AvgIpc) is 2.92. The van der Waals surface area contributed by atoms with Crippen LogP contribution in [0.5, 0.6) is 5.75 Å². The van der Waals surface area contributed by atoms with Crippen LogP contribution in [-0.2, 0) is 0 Å². The first-order valence-corrected chi connectivity index (χ1v) is 6.40. The molecule has 2 rings (SSSR count). The molecule has 1 aromatic carbocycles. The molecule has 6 heteroatoms. The predicted molar refractivity (Wildman–Crippen MR) is 64.3 cm³/mol. The summed E-state index contributed by atoms with van der Waals surface area (Å²) >= 11 is 0. The number of para-hydroxylation sites is 1. The second-order valence-electron chi connectivity index (χ2n) is 4.81. The minimum absolute atomic E-state index is 0.0558. The normalized spacial score (nSPS) is 16.6. The topological polar surface area (TPSA) is 26.3 Å². The Morgan fingerprint density at radius 3 is 2.40 bits per heavy atom. The van der Waals surface area contributed by atoms with E-state index in [0.717, 1.165) is 18.9 Å². The lowest BCUT2D eigenvalue weighted by atomic mass is 9.96. The number of benzene rings is 1. The van der Waals surface area contributed by atoms with Crippen molar-refractivity contribution in [3.8, 4) is 5.75 Å². The van der Waals surface area contributed by atoms with E-state index in [9.17, 15) is 22.4 Å². The maximum atomic E-state index is 13.0. The molecule has 0 N–H and O–H groups in total. The van der Waals surface area contributed by atoms with E-state index in [1.54, 1.807) is 0 Å². The van der Waals surface area contributed by atoms with Gasteiger partial charge in [-0.15, -0.1) is 0 Å². The van der Waals surface area contributed by atoms with Crippen LogP contribution in [0.3, 0.4) is 0 Å². The minimum atomic E-state index is -4.61. The van der Waals surface area contributed by atoms with Crippen molar-refractivity contribution >= 4 is 5.78 Å². The lowest BCUT2D eigenvalue weighted by Gasteiger charge is -2.19. The maximum Gasteiger partial charge on any atom is 0.461 e. The van der Waals surface area contributed by atoms with Crippen LogP contribution in [0.25, 0.3) is 0 Å². The van der Waals surface area contributed by atoms with Crippen molar-refractivity contribution in [2.24, 2.45) is 5.92 Å². The summed E-state index contributed by atoms with van der Waals surface area (Å²) in [6.45, 7) is 0. The van der Waals surface area contributed by atoms with E-state index >= 15 is 0 Å². The molecule has 0 atom stereocenters. The quantitative estimate of drug-likeness (QED) is 0.597. The molecule has 0 bridgehead atoms.